The van der Waals surface area contributed by atoms with Crippen LogP contribution in [0.2, 0.25) is 16.6 Å². The van der Waals surface area contributed by atoms with Crippen LogP contribution in [-0.2, 0) is 4.74 Å². The number of benzene rings is 2. The molecule has 0 bridgehead atoms. The Morgan fingerprint density at radius 1 is 0.952 bits per heavy atom. The molecule has 226 valence electrons. The van der Waals surface area contributed by atoms with Crippen LogP contribution in [0, 0.1) is 0 Å². The fraction of sp³-hybridized carbons (Fsp3) is 0.471. The van der Waals surface area contributed by atoms with Crippen molar-refractivity contribution in [3.63, 3.8) is 0 Å². The molecule has 2 aliphatic rings. The third kappa shape index (κ3) is 6.28. The van der Waals surface area contributed by atoms with Crippen molar-refractivity contribution >= 4 is 32.0 Å². The quantitative estimate of drug-likeness (QED) is 0.173. The van der Waals surface area contributed by atoms with Crippen molar-refractivity contribution in [3.05, 3.63) is 65.4 Å². The molecule has 2 aromatic rings. The van der Waals surface area contributed by atoms with Crippen LogP contribution >= 0.6 is 0 Å². The molecule has 2 aliphatic heterocycles. The maximum atomic E-state index is 13.9. The maximum Gasteiger partial charge on any atom is 0.514 e. The standard InChI is InChI=1S/C34H45NO6Si/c1-21(2)42(22(3)4,23(5)6)41-31-18-25-11-14-27-17-26(20-35(27)32(36)29(25)19-30(31)38-10)24-12-15-28(16-13-24)39-33(37)40-34(7,8)9/h11-16,18-23,27H,17H2,1-10H3/t27-/m1/s1. The molecule has 1 atom stereocenters. The van der Waals surface area contributed by atoms with Crippen molar-refractivity contribution in [2.45, 2.75) is 97.0 Å². The predicted molar refractivity (Wildman–Crippen MR) is 170 cm³/mol. The molecule has 4 rings (SSSR count). The van der Waals surface area contributed by atoms with Gasteiger partial charge in [0.1, 0.15) is 17.1 Å². The molecule has 0 radical (unpaired) electrons. The minimum Gasteiger partial charge on any atom is -0.540 e. The number of carbonyl (C=O) groups is 2. The van der Waals surface area contributed by atoms with Crippen LogP contribution in [0.3, 0.4) is 0 Å². The topological polar surface area (TPSA) is 74.3 Å². The van der Waals surface area contributed by atoms with Gasteiger partial charge in [-0.25, -0.2) is 4.79 Å². The highest BCUT2D eigenvalue weighted by atomic mass is 28.4. The average Bonchev–Trinajstić information content (AvgIpc) is 3.28. The second-order valence-corrected chi connectivity index (χ2v) is 18.5. The Bertz CT molecular complexity index is 1360. The van der Waals surface area contributed by atoms with E-state index in [0.29, 0.717) is 45.9 Å². The van der Waals surface area contributed by atoms with Gasteiger partial charge in [0.2, 0.25) is 0 Å². The minimum absolute atomic E-state index is 0.0789. The third-order valence-corrected chi connectivity index (χ3v) is 14.2. The van der Waals surface area contributed by atoms with Gasteiger partial charge in [-0.1, -0.05) is 65.8 Å². The van der Waals surface area contributed by atoms with E-state index in [1.54, 1.807) is 44.9 Å². The third-order valence-electron chi connectivity index (χ3n) is 8.19. The second-order valence-electron chi connectivity index (χ2n) is 13.1. The van der Waals surface area contributed by atoms with Crippen molar-refractivity contribution in [1.29, 1.82) is 0 Å². The molecule has 0 unspecified atom stereocenters. The molecule has 0 N–H and O–H groups in total. The molecule has 0 spiro atoms. The van der Waals surface area contributed by atoms with E-state index in [9.17, 15) is 9.59 Å². The zero-order chi connectivity index (χ0) is 31.0. The molecule has 0 fully saturated rings. The van der Waals surface area contributed by atoms with Gasteiger partial charge in [0.15, 0.2) is 5.75 Å². The molecular weight excluding hydrogens is 546 g/mol. The number of rotatable bonds is 8. The Balaban J connectivity index is 1.59. The Morgan fingerprint density at radius 3 is 2.12 bits per heavy atom. The van der Waals surface area contributed by atoms with E-state index in [4.69, 9.17) is 18.6 Å². The van der Waals surface area contributed by atoms with Crippen LogP contribution in [0.4, 0.5) is 4.79 Å². The SMILES string of the molecule is COc1cc2c(cc1O[Si](C(C)C)(C(C)C)C(C)C)C=C[C@@H]1CC(c3ccc(OC(=O)OC(C)(C)C)cc3)=CN1C2=O. The van der Waals surface area contributed by atoms with Crippen LogP contribution in [0.15, 0.2) is 48.7 Å². The molecule has 0 aromatic heterocycles. The fourth-order valence-electron chi connectivity index (χ4n) is 6.34. The van der Waals surface area contributed by atoms with Gasteiger partial charge >= 0.3 is 6.16 Å². The molecule has 8 heteroatoms. The molecule has 7 nitrogen and oxygen atoms in total. The maximum absolute atomic E-state index is 13.9. The van der Waals surface area contributed by atoms with Crippen LogP contribution in [0.25, 0.3) is 11.6 Å². The van der Waals surface area contributed by atoms with E-state index < -0.39 is 20.1 Å². The van der Waals surface area contributed by atoms with Gasteiger partial charge < -0.3 is 23.5 Å². The van der Waals surface area contributed by atoms with E-state index in [1.807, 2.05) is 36.5 Å². The van der Waals surface area contributed by atoms with E-state index in [-0.39, 0.29) is 11.9 Å². The number of hydrogen-bond acceptors (Lipinski definition) is 6. The lowest BCUT2D eigenvalue weighted by Crippen LogP contribution is -2.50. The molecule has 1 amide bonds. The summed E-state index contributed by atoms with van der Waals surface area (Å²) in [5.41, 5.74) is 4.00. The number of amides is 1. The van der Waals surface area contributed by atoms with Crippen molar-refractivity contribution in [3.8, 4) is 17.2 Å². The molecule has 0 aliphatic carbocycles. The van der Waals surface area contributed by atoms with Crippen molar-refractivity contribution in [2.24, 2.45) is 0 Å². The average molecular weight is 592 g/mol. The summed E-state index contributed by atoms with van der Waals surface area (Å²) >= 11 is 0. The monoisotopic (exact) mass is 591 g/mol. The van der Waals surface area contributed by atoms with Gasteiger partial charge in [-0.05, 0) is 84.8 Å². The van der Waals surface area contributed by atoms with Gasteiger partial charge in [-0.3, -0.25) is 4.79 Å². The predicted octanol–water partition coefficient (Wildman–Crippen LogP) is 8.85. The normalized spacial score (nSPS) is 16.8. The van der Waals surface area contributed by atoms with Crippen LogP contribution in [-0.4, -0.2) is 44.0 Å². The summed E-state index contributed by atoms with van der Waals surface area (Å²) in [6.45, 7) is 18.9. The lowest BCUT2D eigenvalue weighted by Gasteiger charge is -2.42. The number of fused-ring (bicyclic) bond motifs is 2. The highest BCUT2D eigenvalue weighted by molar-refractivity contribution is 6.78. The summed E-state index contributed by atoms with van der Waals surface area (Å²) in [6.07, 6.45) is 5.96. The number of carbonyl (C=O) groups excluding carboxylic acids is 2. The summed E-state index contributed by atoms with van der Waals surface area (Å²) in [6, 6.07) is 10.9. The van der Waals surface area contributed by atoms with Crippen LogP contribution in [0.1, 0.15) is 90.2 Å². The zero-order valence-corrected chi connectivity index (χ0v) is 27.6. The first kappa shape index (κ1) is 31.4. The highest BCUT2D eigenvalue weighted by Crippen LogP contribution is 2.46. The van der Waals surface area contributed by atoms with E-state index in [2.05, 4.69) is 47.6 Å². The summed E-state index contributed by atoms with van der Waals surface area (Å²) in [5.74, 6) is 1.61. The largest absolute Gasteiger partial charge is 0.540 e. The summed E-state index contributed by atoms with van der Waals surface area (Å²) in [7, 11) is -0.601. The van der Waals surface area contributed by atoms with Crippen molar-refractivity contribution in [2.75, 3.05) is 7.11 Å². The fourth-order valence-corrected chi connectivity index (χ4v) is 11.6. The van der Waals surface area contributed by atoms with E-state index >= 15 is 0 Å². The lowest BCUT2D eigenvalue weighted by molar-refractivity contribution is 0.0206. The van der Waals surface area contributed by atoms with Gasteiger partial charge in [0.05, 0.1) is 18.7 Å². The zero-order valence-electron chi connectivity index (χ0n) is 26.6. The first-order chi connectivity index (χ1) is 19.7. The number of ether oxygens (including phenoxy) is 3. The highest BCUT2D eigenvalue weighted by Gasteiger charge is 2.47. The second kappa shape index (κ2) is 12.0. The van der Waals surface area contributed by atoms with Gasteiger partial charge in [0, 0.05) is 6.20 Å². The molecule has 2 heterocycles. The lowest BCUT2D eigenvalue weighted by atomic mass is 10.0. The Labute approximate surface area is 251 Å². The van der Waals surface area contributed by atoms with Crippen molar-refractivity contribution < 1.29 is 28.2 Å². The van der Waals surface area contributed by atoms with Gasteiger partial charge in [0.25, 0.3) is 14.2 Å². The van der Waals surface area contributed by atoms with E-state index in [1.165, 1.54) is 0 Å². The molecule has 2 aromatic carbocycles. The number of nitrogens with zero attached hydrogens (tertiary/aromatic N) is 1. The minimum atomic E-state index is -2.23. The Hall–Kier alpha value is -3.52. The summed E-state index contributed by atoms with van der Waals surface area (Å²) in [4.78, 5) is 27.7. The van der Waals surface area contributed by atoms with Gasteiger partial charge in [-0.15, -0.1) is 0 Å². The molecule has 0 saturated heterocycles. The smallest absolute Gasteiger partial charge is 0.514 e. The number of hydrogen-bond donors (Lipinski definition) is 0. The Kier molecular flexibility index (Phi) is 8.97. The van der Waals surface area contributed by atoms with Crippen LogP contribution < -0.4 is 13.9 Å². The first-order valence-electron chi connectivity index (χ1n) is 14.8. The summed E-state index contributed by atoms with van der Waals surface area (Å²) in [5, 5.41) is 0. The first-order valence-corrected chi connectivity index (χ1v) is 16.9. The van der Waals surface area contributed by atoms with Crippen molar-refractivity contribution in [1.82, 2.24) is 4.90 Å². The molecule has 42 heavy (non-hydrogen) atoms. The molecule has 0 saturated carbocycles. The van der Waals surface area contributed by atoms with Crippen LogP contribution in [0.5, 0.6) is 17.2 Å². The van der Waals surface area contributed by atoms with E-state index in [0.717, 1.165) is 16.7 Å². The Morgan fingerprint density at radius 2 is 1.57 bits per heavy atom. The molecular formula is C34H45NO6Si. The summed E-state index contributed by atoms with van der Waals surface area (Å²) < 4.78 is 23.3. The van der Waals surface area contributed by atoms with Gasteiger partial charge in [-0.2, -0.15) is 0 Å². The number of methoxy groups -OCH3 is 1.